The molecule has 1 aliphatic heterocycles. The van der Waals surface area contributed by atoms with Crippen molar-refractivity contribution >= 4 is 29.4 Å². The third kappa shape index (κ3) is 3.27. The summed E-state index contributed by atoms with van der Waals surface area (Å²) >= 11 is 12.4. The highest BCUT2D eigenvalue weighted by molar-refractivity contribution is 6.32. The average Bonchev–Trinajstić information content (AvgIpc) is 2.82. The lowest BCUT2D eigenvalue weighted by atomic mass is 10.3. The molecule has 2 aromatic rings. The number of ether oxygens (including phenoxy) is 1. The molecule has 1 aliphatic rings. The lowest BCUT2D eigenvalue weighted by molar-refractivity contribution is 0.0397. The maximum Gasteiger partial charge on any atom is 0.142 e. The van der Waals surface area contributed by atoms with Crippen molar-refractivity contribution in [2.24, 2.45) is 5.10 Å². The molecule has 0 atom stereocenters. The lowest BCUT2D eigenvalue weighted by Gasteiger charge is -2.23. The molecule has 0 aliphatic carbocycles. The topological polar surface area (TPSA) is 42.7 Å². The van der Waals surface area contributed by atoms with Crippen molar-refractivity contribution in [3.63, 3.8) is 0 Å². The predicted molar refractivity (Wildman–Crippen MR) is 88.3 cm³/mol. The van der Waals surface area contributed by atoms with Crippen LogP contribution in [-0.2, 0) is 4.74 Å². The fourth-order valence-corrected chi connectivity index (χ4v) is 2.67. The number of hydrogen-bond acceptors (Lipinski definition) is 4. The van der Waals surface area contributed by atoms with Crippen LogP contribution in [-0.4, -0.2) is 47.3 Å². The summed E-state index contributed by atoms with van der Waals surface area (Å²) in [5.74, 6) is 0. The third-order valence-electron chi connectivity index (χ3n) is 3.46. The maximum absolute atomic E-state index is 6.45. The van der Waals surface area contributed by atoms with E-state index in [1.807, 2.05) is 36.2 Å². The summed E-state index contributed by atoms with van der Waals surface area (Å²) in [5.41, 5.74) is 2.52. The van der Waals surface area contributed by atoms with Gasteiger partial charge in [0.1, 0.15) is 5.15 Å². The molecule has 1 saturated heterocycles. The minimum Gasteiger partial charge on any atom is -0.378 e. The molecule has 7 heteroatoms. The Morgan fingerprint density at radius 3 is 2.55 bits per heavy atom. The number of hydrogen-bond donors (Lipinski definition) is 0. The van der Waals surface area contributed by atoms with Crippen molar-refractivity contribution in [1.29, 1.82) is 0 Å². The Bertz CT molecular complexity index is 676. The van der Waals surface area contributed by atoms with E-state index >= 15 is 0 Å². The molecule has 0 unspecified atom stereocenters. The van der Waals surface area contributed by atoms with Gasteiger partial charge in [-0.3, -0.25) is 5.01 Å². The fraction of sp³-hybridized carbons (Fsp3) is 0.333. The van der Waals surface area contributed by atoms with E-state index in [0.29, 0.717) is 23.4 Å². The highest BCUT2D eigenvalue weighted by atomic mass is 35.5. The Labute approximate surface area is 139 Å². The number of halogens is 2. The van der Waals surface area contributed by atoms with Gasteiger partial charge in [-0.05, 0) is 31.2 Å². The maximum atomic E-state index is 6.45. The summed E-state index contributed by atoms with van der Waals surface area (Å²) in [5, 5.41) is 12.1. The van der Waals surface area contributed by atoms with Crippen molar-refractivity contribution in [3.8, 4) is 5.69 Å². The summed E-state index contributed by atoms with van der Waals surface area (Å²) in [6, 6.07) is 7.38. The quantitative estimate of drug-likeness (QED) is 0.807. The Morgan fingerprint density at radius 2 is 1.86 bits per heavy atom. The lowest BCUT2D eigenvalue weighted by Crippen LogP contribution is -2.32. The van der Waals surface area contributed by atoms with Gasteiger partial charge in [0.25, 0.3) is 0 Å². The van der Waals surface area contributed by atoms with Crippen LogP contribution in [0.2, 0.25) is 10.2 Å². The molecule has 0 bridgehead atoms. The molecular weight excluding hydrogens is 323 g/mol. The van der Waals surface area contributed by atoms with E-state index in [1.54, 1.807) is 10.9 Å². The first-order valence-electron chi connectivity index (χ1n) is 7.03. The number of morpholine rings is 1. The predicted octanol–water partition coefficient (Wildman–Crippen LogP) is 3.15. The van der Waals surface area contributed by atoms with E-state index in [4.69, 9.17) is 27.9 Å². The van der Waals surface area contributed by atoms with E-state index in [9.17, 15) is 0 Å². The standard InChI is InChI=1S/C15H16Cl2N4O/c1-11-14(10-18-20-6-8-22-9-7-20)15(17)21(19-11)13-4-2-12(16)3-5-13/h2-5,10H,6-9H2,1H3. The van der Waals surface area contributed by atoms with Gasteiger partial charge >= 0.3 is 0 Å². The highest BCUT2D eigenvalue weighted by Crippen LogP contribution is 2.23. The number of rotatable bonds is 3. The van der Waals surface area contributed by atoms with Crippen LogP contribution in [0, 0.1) is 6.92 Å². The van der Waals surface area contributed by atoms with Gasteiger partial charge < -0.3 is 4.74 Å². The second kappa shape index (κ2) is 6.69. The number of aromatic nitrogens is 2. The number of benzene rings is 1. The first-order valence-corrected chi connectivity index (χ1v) is 7.78. The van der Waals surface area contributed by atoms with E-state index < -0.39 is 0 Å². The van der Waals surface area contributed by atoms with Crippen LogP contribution < -0.4 is 0 Å². The van der Waals surface area contributed by atoms with Gasteiger partial charge in [0.2, 0.25) is 0 Å². The van der Waals surface area contributed by atoms with E-state index in [-0.39, 0.29) is 0 Å². The van der Waals surface area contributed by atoms with Crippen molar-refractivity contribution in [3.05, 3.63) is 45.7 Å². The molecule has 116 valence electrons. The van der Waals surface area contributed by atoms with Crippen LogP contribution in [0.4, 0.5) is 0 Å². The van der Waals surface area contributed by atoms with Crippen molar-refractivity contribution < 1.29 is 4.74 Å². The Kier molecular flexibility index (Phi) is 4.66. The normalized spacial score (nSPS) is 15.7. The molecule has 0 spiro atoms. The molecule has 0 saturated carbocycles. The van der Waals surface area contributed by atoms with Gasteiger partial charge in [-0.2, -0.15) is 10.2 Å². The van der Waals surface area contributed by atoms with Crippen LogP contribution >= 0.6 is 23.2 Å². The molecule has 0 amide bonds. The van der Waals surface area contributed by atoms with Crippen LogP contribution in [0.3, 0.4) is 0 Å². The first-order chi connectivity index (χ1) is 10.6. The van der Waals surface area contributed by atoms with Gasteiger partial charge in [-0.25, -0.2) is 4.68 Å². The molecule has 1 aromatic carbocycles. The monoisotopic (exact) mass is 338 g/mol. The summed E-state index contributed by atoms with van der Waals surface area (Å²) in [7, 11) is 0. The average molecular weight is 339 g/mol. The zero-order chi connectivity index (χ0) is 15.5. The number of hydrazone groups is 1. The van der Waals surface area contributed by atoms with Crippen molar-refractivity contribution in [2.75, 3.05) is 26.3 Å². The first kappa shape index (κ1) is 15.3. The van der Waals surface area contributed by atoms with Gasteiger partial charge in [-0.15, -0.1) is 0 Å². The van der Waals surface area contributed by atoms with Gasteiger partial charge in [0, 0.05) is 5.02 Å². The van der Waals surface area contributed by atoms with E-state index in [1.165, 1.54) is 0 Å². The molecule has 2 heterocycles. The number of nitrogens with zero attached hydrogens (tertiary/aromatic N) is 4. The van der Waals surface area contributed by atoms with Crippen LogP contribution in [0.15, 0.2) is 29.4 Å². The molecule has 1 fully saturated rings. The third-order valence-corrected chi connectivity index (χ3v) is 4.07. The SMILES string of the molecule is Cc1nn(-c2ccc(Cl)cc2)c(Cl)c1C=NN1CCOCC1. The largest absolute Gasteiger partial charge is 0.378 e. The highest BCUT2D eigenvalue weighted by Gasteiger charge is 2.14. The Morgan fingerprint density at radius 1 is 1.18 bits per heavy atom. The minimum atomic E-state index is 0.539. The summed E-state index contributed by atoms with van der Waals surface area (Å²) in [4.78, 5) is 0. The molecule has 0 N–H and O–H groups in total. The minimum absolute atomic E-state index is 0.539. The second-order valence-electron chi connectivity index (χ2n) is 4.99. The zero-order valence-electron chi connectivity index (χ0n) is 12.2. The van der Waals surface area contributed by atoms with Crippen LogP contribution in [0.25, 0.3) is 5.69 Å². The van der Waals surface area contributed by atoms with Crippen molar-refractivity contribution in [2.45, 2.75) is 6.92 Å². The van der Waals surface area contributed by atoms with Gasteiger partial charge in [0.15, 0.2) is 0 Å². The second-order valence-corrected chi connectivity index (χ2v) is 5.78. The Balaban J connectivity index is 1.86. The fourth-order valence-electron chi connectivity index (χ4n) is 2.22. The molecule has 3 rings (SSSR count). The summed E-state index contributed by atoms with van der Waals surface area (Å²) in [6.45, 7) is 4.90. The molecule has 5 nitrogen and oxygen atoms in total. The van der Waals surface area contributed by atoms with E-state index in [2.05, 4.69) is 10.2 Å². The van der Waals surface area contributed by atoms with E-state index in [0.717, 1.165) is 30.0 Å². The van der Waals surface area contributed by atoms with Crippen LogP contribution in [0.5, 0.6) is 0 Å². The van der Waals surface area contributed by atoms with Gasteiger partial charge in [-0.1, -0.05) is 23.2 Å². The molecule has 0 radical (unpaired) electrons. The smallest absolute Gasteiger partial charge is 0.142 e. The summed E-state index contributed by atoms with van der Waals surface area (Å²) in [6.07, 6.45) is 1.77. The summed E-state index contributed by atoms with van der Waals surface area (Å²) < 4.78 is 6.99. The number of aryl methyl sites for hydroxylation is 1. The molecule has 1 aromatic heterocycles. The Hall–Kier alpha value is -1.56. The molecular formula is C15H16Cl2N4O. The van der Waals surface area contributed by atoms with Crippen LogP contribution in [0.1, 0.15) is 11.3 Å². The van der Waals surface area contributed by atoms with Gasteiger partial charge in [0.05, 0.1) is 49.5 Å². The zero-order valence-corrected chi connectivity index (χ0v) is 13.7. The van der Waals surface area contributed by atoms with Crippen molar-refractivity contribution in [1.82, 2.24) is 14.8 Å². The molecule has 22 heavy (non-hydrogen) atoms.